The van der Waals surface area contributed by atoms with E-state index in [1.807, 2.05) is 56.3 Å². The molecule has 0 bridgehead atoms. The minimum atomic E-state index is -0.0631. The fourth-order valence-corrected chi connectivity index (χ4v) is 4.23. The van der Waals surface area contributed by atoms with Gasteiger partial charge in [0.15, 0.2) is 0 Å². The van der Waals surface area contributed by atoms with Crippen molar-refractivity contribution in [1.29, 1.82) is 0 Å². The second-order valence-electron chi connectivity index (χ2n) is 7.19. The van der Waals surface area contributed by atoms with Gasteiger partial charge in [0.1, 0.15) is 10.8 Å². The molecule has 1 amide bonds. The summed E-state index contributed by atoms with van der Waals surface area (Å²) in [4.78, 5) is 21.3. The molecule has 0 spiro atoms. The Bertz CT molecular complexity index is 936. The van der Waals surface area contributed by atoms with E-state index in [2.05, 4.69) is 24.0 Å². The Kier molecular flexibility index (Phi) is 6.31. The number of fused-ring (bicyclic) bond motifs is 1. The van der Waals surface area contributed by atoms with Gasteiger partial charge in [-0.25, -0.2) is 4.98 Å². The van der Waals surface area contributed by atoms with Crippen molar-refractivity contribution in [3.8, 4) is 5.75 Å². The molecule has 3 aromatic rings. The summed E-state index contributed by atoms with van der Waals surface area (Å²) in [6.07, 6.45) is 0. The van der Waals surface area contributed by atoms with E-state index in [4.69, 9.17) is 4.74 Å². The predicted molar refractivity (Wildman–Crippen MR) is 115 cm³/mol. The molecule has 0 aliphatic rings. The average Bonchev–Trinajstić information content (AvgIpc) is 3.11. The SMILES string of the molecule is COc1ccc(C)cc1CN(C)CC(=O)N(C)[C@H](C)c1nc2ccccc2s1. The third kappa shape index (κ3) is 4.51. The number of ether oxygens (including phenoxy) is 1. The quantitative estimate of drug-likeness (QED) is 0.597. The van der Waals surface area contributed by atoms with Crippen molar-refractivity contribution in [2.75, 3.05) is 27.7 Å². The average molecular weight is 398 g/mol. The van der Waals surface area contributed by atoms with Crippen LogP contribution in [0, 0.1) is 6.92 Å². The Hall–Kier alpha value is -2.44. The van der Waals surface area contributed by atoms with Gasteiger partial charge in [0.25, 0.3) is 0 Å². The van der Waals surface area contributed by atoms with Crippen molar-refractivity contribution in [2.24, 2.45) is 0 Å². The van der Waals surface area contributed by atoms with Crippen LogP contribution >= 0.6 is 11.3 Å². The molecule has 0 aliphatic carbocycles. The molecule has 3 rings (SSSR count). The first-order valence-corrected chi connectivity index (χ1v) is 10.1. The van der Waals surface area contributed by atoms with Crippen molar-refractivity contribution in [3.05, 3.63) is 58.6 Å². The Morgan fingerprint density at radius 2 is 1.96 bits per heavy atom. The van der Waals surface area contributed by atoms with Crippen molar-refractivity contribution >= 4 is 27.5 Å². The van der Waals surface area contributed by atoms with Crippen molar-refractivity contribution in [2.45, 2.75) is 26.4 Å². The monoisotopic (exact) mass is 397 g/mol. The highest BCUT2D eigenvalue weighted by molar-refractivity contribution is 7.18. The highest BCUT2D eigenvalue weighted by atomic mass is 32.1. The van der Waals surface area contributed by atoms with Gasteiger partial charge < -0.3 is 9.64 Å². The highest BCUT2D eigenvalue weighted by Crippen LogP contribution is 2.29. The third-order valence-electron chi connectivity index (χ3n) is 4.92. The van der Waals surface area contributed by atoms with E-state index < -0.39 is 0 Å². The van der Waals surface area contributed by atoms with Gasteiger partial charge in [0, 0.05) is 19.2 Å². The van der Waals surface area contributed by atoms with Gasteiger partial charge in [-0.1, -0.05) is 29.8 Å². The largest absolute Gasteiger partial charge is 0.496 e. The minimum absolute atomic E-state index is 0.0631. The Labute approximate surface area is 170 Å². The highest BCUT2D eigenvalue weighted by Gasteiger charge is 2.22. The summed E-state index contributed by atoms with van der Waals surface area (Å²) < 4.78 is 6.60. The van der Waals surface area contributed by atoms with Gasteiger partial charge in [0.2, 0.25) is 5.91 Å². The van der Waals surface area contributed by atoms with Crippen LogP contribution in [0.25, 0.3) is 10.2 Å². The first-order valence-electron chi connectivity index (χ1n) is 9.32. The van der Waals surface area contributed by atoms with Gasteiger partial charge in [-0.15, -0.1) is 11.3 Å². The number of aromatic nitrogens is 1. The molecule has 1 heterocycles. The van der Waals surface area contributed by atoms with Gasteiger partial charge in [-0.05, 0) is 39.1 Å². The van der Waals surface area contributed by atoms with Crippen LogP contribution < -0.4 is 4.74 Å². The maximum absolute atomic E-state index is 12.8. The van der Waals surface area contributed by atoms with Crippen LogP contribution in [0.5, 0.6) is 5.75 Å². The minimum Gasteiger partial charge on any atom is -0.496 e. The normalized spacial score (nSPS) is 12.4. The van der Waals surface area contributed by atoms with Crippen LogP contribution in [-0.4, -0.2) is 48.4 Å². The number of methoxy groups -OCH3 is 1. The predicted octanol–water partition coefficient (Wildman–Crippen LogP) is 4.26. The van der Waals surface area contributed by atoms with E-state index in [1.165, 1.54) is 5.56 Å². The molecule has 1 atom stereocenters. The van der Waals surface area contributed by atoms with Crippen LogP contribution in [0.1, 0.15) is 29.1 Å². The topological polar surface area (TPSA) is 45.7 Å². The molecular formula is C22H27N3O2S. The lowest BCUT2D eigenvalue weighted by Crippen LogP contribution is -2.37. The molecular weight excluding hydrogens is 370 g/mol. The summed E-state index contributed by atoms with van der Waals surface area (Å²) in [5, 5.41) is 0.958. The summed E-state index contributed by atoms with van der Waals surface area (Å²) in [5.41, 5.74) is 3.25. The van der Waals surface area contributed by atoms with E-state index in [9.17, 15) is 4.79 Å². The maximum Gasteiger partial charge on any atom is 0.237 e. The number of aryl methyl sites for hydroxylation is 1. The summed E-state index contributed by atoms with van der Waals surface area (Å²) in [6, 6.07) is 14.1. The Morgan fingerprint density at radius 3 is 2.68 bits per heavy atom. The molecule has 0 unspecified atom stereocenters. The number of para-hydroxylation sites is 1. The standard InChI is InChI=1S/C22H27N3O2S/c1-15-10-11-19(27-5)17(12-15)13-24(3)14-21(26)25(4)16(2)22-23-18-8-6-7-9-20(18)28-22/h6-12,16H,13-14H2,1-5H3/t16-/m1/s1. The molecule has 28 heavy (non-hydrogen) atoms. The summed E-state index contributed by atoms with van der Waals surface area (Å²) >= 11 is 1.64. The molecule has 0 saturated carbocycles. The zero-order valence-electron chi connectivity index (χ0n) is 17.1. The number of carbonyl (C=O) groups excluding carboxylic acids is 1. The number of rotatable bonds is 7. The number of amides is 1. The summed E-state index contributed by atoms with van der Waals surface area (Å²) in [6.45, 7) is 5.07. The lowest BCUT2D eigenvalue weighted by Gasteiger charge is -2.26. The van der Waals surface area contributed by atoms with E-state index in [-0.39, 0.29) is 11.9 Å². The second-order valence-corrected chi connectivity index (χ2v) is 8.25. The summed E-state index contributed by atoms with van der Waals surface area (Å²) in [7, 11) is 5.48. The van der Waals surface area contributed by atoms with Crippen molar-refractivity contribution in [1.82, 2.24) is 14.8 Å². The lowest BCUT2D eigenvalue weighted by molar-refractivity contribution is -0.132. The van der Waals surface area contributed by atoms with Gasteiger partial charge in [-0.3, -0.25) is 9.69 Å². The van der Waals surface area contributed by atoms with Crippen molar-refractivity contribution < 1.29 is 9.53 Å². The number of benzene rings is 2. The molecule has 6 heteroatoms. The Balaban J connectivity index is 1.65. The van der Waals surface area contributed by atoms with Crippen LogP contribution in [0.3, 0.4) is 0 Å². The molecule has 0 saturated heterocycles. The molecule has 148 valence electrons. The molecule has 1 aromatic heterocycles. The van der Waals surface area contributed by atoms with Crippen LogP contribution in [0.15, 0.2) is 42.5 Å². The van der Waals surface area contributed by atoms with Crippen LogP contribution in [-0.2, 0) is 11.3 Å². The Morgan fingerprint density at radius 1 is 1.21 bits per heavy atom. The zero-order chi connectivity index (χ0) is 20.3. The molecule has 0 aliphatic heterocycles. The number of carbonyl (C=O) groups is 1. The van der Waals surface area contributed by atoms with E-state index >= 15 is 0 Å². The fourth-order valence-electron chi connectivity index (χ4n) is 3.17. The number of hydrogen-bond acceptors (Lipinski definition) is 5. The van der Waals surface area contributed by atoms with Gasteiger partial charge in [-0.2, -0.15) is 0 Å². The lowest BCUT2D eigenvalue weighted by atomic mass is 10.1. The molecule has 0 fully saturated rings. The maximum atomic E-state index is 12.8. The van der Waals surface area contributed by atoms with Gasteiger partial charge in [0.05, 0.1) is 29.9 Å². The van der Waals surface area contributed by atoms with E-state index in [0.717, 1.165) is 26.5 Å². The smallest absolute Gasteiger partial charge is 0.237 e. The molecule has 0 radical (unpaired) electrons. The molecule has 0 N–H and O–H groups in total. The van der Waals surface area contributed by atoms with E-state index in [1.54, 1.807) is 23.3 Å². The fraction of sp³-hybridized carbons (Fsp3) is 0.364. The first-order chi connectivity index (χ1) is 13.4. The second kappa shape index (κ2) is 8.71. The number of thiazole rings is 1. The first kappa shape index (κ1) is 20.3. The van der Waals surface area contributed by atoms with Crippen LogP contribution in [0.2, 0.25) is 0 Å². The van der Waals surface area contributed by atoms with Gasteiger partial charge >= 0.3 is 0 Å². The summed E-state index contributed by atoms with van der Waals surface area (Å²) in [5.74, 6) is 0.918. The number of likely N-dealkylation sites (N-methyl/N-ethyl adjacent to an activating group) is 2. The zero-order valence-corrected chi connectivity index (χ0v) is 17.9. The molecule has 5 nitrogen and oxygen atoms in total. The van der Waals surface area contributed by atoms with Crippen LogP contribution in [0.4, 0.5) is 0 Å². The third-order valence-corrected chi connectivity index (χ3v) is 6.13. The van der Waals surface area contributed by atoms with E-state index in [0.29, 0.717) is 13.1 Å². The number of hydrogen-bond donors (Lipinski definition) is 0. The number of nitrogens with zero attached hydrogens (tertiary/aromatic N) is 3. The van der Waals surface area contributed by atoms with Crippen molar-refractivity contribution in [3.63, 3.8) is 0 Å². The molecule has 2 aromatic carbocycles.